The SMILES string of the molecule is CCc1ccc(Cl)c(NN)c1. The van der Waals surface area contributed by atoms with E-state index in [-0.39, 0.29) is 0 Å². The van der Waals surface area contributed by atoms with E-state index in [1.54, 1.807) is 0 Å². The van der Waals surface area contributed by atoms with Gasteiger partial charge in [-0.3, -0.25) is 5.84 Å². The molecule has 0 radical (unpaired) electrons. The molecule has 2 nitrogen and oxygen atoms in total. The molecule has 0 spiro atoms. The Morgan fingerprint density at radius 2 is 2.27 bits per heavy atom. The van der Waals surface area contributed by atoms with Crippen molar-refractivity contribution >= 4 is 17.3 Å². The smallest absolute Gasteiger partial charge is 0.0674 e. The molecular weight excluding hydrogens is 160 g/mol. The summed E-state index contributed by atoms with van der Waals surface area (Å²) in [6.07, 6.45) is 0.992. The number of halogens is 1. The Morgan fingerprint density at radius 1 is 1.55 bits per heavy atom. The summed E-state index contributed by atoms with van der Waals surface area (Å²) in [5.41, 5.74) is 4.55. The van der Waals surface area contributed by atoms with Gasteiger partial charge in [0.1, 0.15) is 0 Å². The van der Waals surface area contributed by atoms with E-state index in [1.165, 1.54) is 5.56 Å². The van der Waals surface area contributed by atoms with Gasteiger partial charge < -0.3 is 5.43 Å². The van der Waals surface area contributed by atoms with Gasteiger partial charge in [0.05, 0.1) is 10.7 Å². The van der Waals surface area contributed by atoms with Crippen molar-refractivity contribution in [2.75, 3.05) is 5.43 Å². The fourth-order valence-electron chi connectivity index (χ4n) is 0.903. The second-order valence-corrected chi connectivity index (χ2v) is 2.72. The third-order valence-electron chi connectivity index (χ3n) is 1.59. The van der Waals surface area contributed by atoms with Crippen LogP contribution in [-0.2, 0) is 6.42 Å². The Bertz CT molecular complexity index is 248. The molecular formula is C8H11ClN2. The first-order chi connectivity index (χ1) is 5.27. The number of hydrogen-bond acceptors (Lipinski definition) is 2. The Hall–Kier alpha value is -0.730. The van der Waals surface area contributed by atoms with Crippen molar-refractivity contribution in [3.8, 4) is 0 Å². The molecule has 0 amide bonds. The number of nitrogens with two attached hydrogens (primary N) is 1. The second-order valence-electron chi connectivity index (χ2n) is 2.31. The molecule has 3 N–H and O–H groups in total. The van der Waals surface area contributed by atoms with Crippen LogP contribution in [0.2, 0.25) is 5.02 Å². The van der Waals surface area contributed by atoms with Crippen molar-refractivity contribution in [3.63, 3.8) is 0 Å². The quantitative estimate of drug-likeness (QED) is 0.528. The molecule has 0 saturated carbocycles. The van der Waals surface area contributed by atoms with Crippen molar-refractivity contribution in [2.45, 2.75) is 13.3 Å². The van der Waals surface area contributed by atoms with E-state index in [9.17, 15) is 0 Å². The van der Waals surface area contributed by atoms with E-state index in [0.717, 1.165) is 12.1 Å². The number of benzene rings is 1. The highest BCUT2D eigenvalue weighted by Crippen LogP contribution is 2.21. The Labute approximate surface area is 71.3 Å². The van der Waals surface area contributed by atoms with Crippen LogP contribution >= 0.6 is 11.6 Å². The number of aryl methyl sites for hydroxylation is 1. The summed E-state index contributed by atoms with van der Waals surface area (Å²) >= 11 is 5.81. The van der Waals surface area contributed by atoms with Gasteiger partial charge in [-0.2, -0.15) is 0 Å². The molecule has 3 heteroatoms. The van der Waals surface area contributed by atoms with Crippen LogP contribution in [0.5, 0.6) is 0 Å². The van der Waals surface area contributed by atoms with Crippen molar-refractivity contribution < 1.29 is 0 Å². The van der Waals surface area contributed by atoms with Gasteiger partial charge in [-0.1, -0.05) is 24.6 Å². The average Bonchev–Trinajstić information content (AvgIpc) is 2.05. The van der Waals surface area contributed by atoms with Crippen LogP contribution in [0.15, 0.2) is 18.2 Å². The molecule has 1 rings (SSSR count). The molecule has 1 aromatic rings. The topological polar surface area (TPSA) is 38.0 Å². The predicted molar refractivity (Wildman–Crippen MR) is 48.6 cm³/mol. The van der Waals surface area contributed by atoms with Crippen molar-refractivity contribution in [3.05, 3.63) is 28.8 Å². The zero-order valence-electron chi connectivity index (χ0n) is 6.39. The predicted octanol–water partition coefficient (Wildman–Crippen LogP) is 2.19. The molecule has 0 atom stereocenters. The number of nitrogens with one attached hydrogen (secondary N) is 1. The highest BCUT2D eigenvalue weighted by atomic mass is 35.5. The maximum atomic E-state index is 5.81. The highest BCUT2D eigenvalue weighted by molar-refractivity contribution is 6.33. The van der Waals surface area contributed by atoms with Crippen LogP contribution in [0.3, 0.4) is 0 Å². The summed E-state index contributed by atoms with van der Waals surface area (Å²) in [4.78, 5) is 0. The molecule has 11 heavy (non-hydrogen) atoms. The lowest BCUT2D eigenvalue weighted by Crippen LogP contribution is -2.07. The molecule has 0 fully saturated rings. The van der Waals surface area contributed by atoms with Gasteiger partial charge in [0.15, 0.2) is 0 Å². The summed E-state index contributed by atoms with van der Waals surface area (Å²) in [5.74, 6) is 5.24. The minimum absolute atomic E-state index is 0.657. The summed E-state index contributed by atoms with van der Waals surface area (Å²) in [5, 5.41) is 0.657. The highest BCUT2D eigenvalue weighted by Gasteiger charge is 1.97. The third-order valence-corrected chi connectivity index (χ3v) is 1.92. The number of rotatable bonds is 2. The Morgan fingerprint density at radius 3 is 2.82 bits per heavy atom. The summed E-state index contributed by atoms with van der Waals surface area (Å²) in [7, 11) is 0. The summed E-state index contributed by atoms with van der Waals surface area (Å²) in [6.45, 7) is 2.09. The fourth-order valence-corrected chi connectivity index (χ4v) is 1.08. The van der Waals surface area contributed by atoms with Gasteiger partial charge in [-0.25, -0.2) is 0 Å². The molecule has 0 aliphatic carbocycles. The number of nitrogen functional groups attached to an aromatic ring is 1. The van der Waals surface area contributed by atoms with Gasteiger partial charge in [0.25, 0.3) is 0 Å². The van der Waals surface area contributed by atoms with Gasteiger partial charge in [-0.05, 0) is 24.1 Å². The van der Waals surface area contributed by atoms with E-state index in [0.29, 0.717) is 5.02 Å². The lowest BCUT2D eigenvalue weighted by Gasteiger charge is -2.04. The first kappa shape index (κ1) is 8.37. The van der Waals surface area contributed by atoms with Crippen LogP contribution in [0.4, 0.5) is 5.69 Å². The standard InChI is InChI=1S/C8H11ClN2/c1-2-6-3-4-7(9)8(5-6)11-10/h3-5,11H,2,10H2,1H3. The molecule has 0 heterocycles. The Balaban J connectivity index is 3.02. The van der Waals surface area contributed by atoms with Crippen LogP contribution in [0.25, 0.3) is 0 Å². The van der Waals surface area contributed by atoms with E-state index in [1.807, 2.05) is 18.2 Å². The van der Waals surface area contributed by atoms with Crippen LogP contribution < -0.4 is 11.3 Å². The van der Waals surface area contributed by atoms with Gasteiger partial charge in [0.2, 0.25) is 0 Å². The zero-order valence-corrected chi connectivity index (χ0v) is 7.15. The normalized spacial score (nSPS) is 9.73. The average molecular weight is 171 g/mol. The van der Waals surface area contributed by atoms with E-state index in [2.05, 4.69) is 12.3 Å². The number of hydrazine groups is 1. The molecule has 0 saturated heterocycles. The third kappa shape index (κ3) is 1.85. The number of anilines is 1. The van der Waals surface area contributed by atoms with Crippen molar-refractivity contribution in [1.82, 2.24) is 0 Å². The minimum Gasteiger partial charge on any atom is -0.323 e. The largest absolute Gasteiger partial charge is 0.323 e. The van der Waals surface area contributed by atoms with Crippen molar-refractivity contribution in [2.24, 2.45) is 5.84 Å². The molecule has 0 bridgehead atoms. The van der Waals surface area contributed by atoms with E-state index in [4.69, 9.17) is 17.4 Å². The maximum Gasteiger partial charge on any atom is 0.0674 e. The summed E-state index contributed by atoms with van der Waals surface area (Å²) in [6, 6.07) is 5.78. The second kappa shape index (κ2) is 3.60. The van der Waals surface area contributed by atoms with E-state index >= 15 is 0 Å². The van der Waals surface area contributed by atoms with Crippen LogP contribution in [0, 0.1) is 0 Å². The van der Waals surface area contributed by atoms with Crippen LogP contribution in [-0.4, -0.2) is 0 Å². The zero-order chi connectivity index (χ0) is 8.27. The first-order valence-electron chi connectivity index (χ1n) is 3.53. The van der Waals surface area contributed by atoms with Crippen molar-refractivity contribution in [1.29, 1.82) is 0 Å². The molecule has 60 valence electrons. The van der Waals surface area contributed by atoms with Gasteiger partial charge in [0, 0.05) is 0 Å². The minimum atomic E-state index is 0.657. The lowest BCUT2D eigenvalue weighted by molar-refractivity contribution is 1.14. The lowest BCUT2D eigenvalue weighted by atomic mass is 10.1. The summed E-state index contributed by atoms with van der Waals surface area (Å²) < 4.78 is 0. The van der Waals surface area contributed by atoms with Gasteiger partial charge >= 0.3 is 0 Å². The molecule has 0 unspecified atom stereocenters. The Kier molecular flexibility index (Phi) is 2.74. The van der Waals surface area contributed by atoms with Crippen LogP contribution in [0.1, 0.15) is 12.5 Å². The number of hydrogen-bond donors (Lipinski definition) is 2. The molecule has 0 aliphatic heterocycles. The van der Waals surface area contributed by atoms with Gasteiger partial charge in [-0.15, -0.1) is 0 Å². The fraction of sp³-hybridized carbons (Fsp3) is 0.250. The monoisotopic (exact) mass is 170 g/mol. The molecule has 0 aromatic heterocycles. The van der Waals surface area contributed by atoms with E-state index < -0.39 is 0 Å². The first-order valence-corrected chi connectivity index (χ1v) is 3.90. The molecule has 1 aromatic carbocycles. The maximum absolute atomic E-state index is 5.81. The molecule has 0 aliphatic rings.